The van der Waals surface area contributed by atoms with E-state index in [0.29, 0.717) is 0 Å². The minimum atomic E-state index is -3.48. The number of aliphatic hydroxyl groups is 1. The van der Waals surface area contributed by atoms with Crippen molar-refractivity contribution in [1.29, 1.82) is 0 Å². The fourth-order valence-corrected chi connectivity index (χ4v) is 3.26. The molecule has 1 aromatic rings. The van der Waals surface area contributed by atoms with Gasteiger partial charge in [0.25, 0.3) is 10.0 Å². The minimum absolute atomic E-state index is 0.238. The molecular formula is C8H13NO3S2. The number of nitrogens with one attached hydrogen (secondary N) is 1. The SMILES string of the molecule is CC(C)(CO)NS(=O)(=O)c1cccs1. The summed E-state index contributed by atoms with van der Waals surface area (Å²) in [7, 11) is -3.48. The van der Waals surface area contributed by atoms with E-state index in [4.69, 9.17) is 5.11 Å². The smallest absolute Gasteiger partial charge is 0.250 e. The number of thiophene rings is 1. The minimum Gasteiger partial charge on any atom is -0.394 e. The van der Waals surface area contributed by atoms with E-state index in [1.807, 2.05) is 0 Å². The van der Waals surface area contributed by atoms with Crippen LogP contribution < -0.4 is 4.72 Å². The number of rotatable bonds is 4. The van der Waals surface area contributed by atoms with Crippen molar-refractivity contribution in [3.05, 3.63) is 17.5 Å². The Bertz CT molecular complexity index is 381. The van der Waals surface area contributed by atoms with Crippen LogP contribution in [-0.2, 0) is 10.0 Å². The zero-order valence-electron chi connectivity index (χ0n) is 8.02. The summed E-state index contributed by atoms with van der Waals surface area (Å²) >= 11 is 1.15. The number of aliphatic hydroxyl groups excluding tert-OH is 1. The van der Waals surface area contributed by atoms with E-state index in [1.165, 1.54) is 6.07 Å². The molecule has 0 aliphatic heterocycles. The second-order valence-corrected chi connectivity index (χ2v) is 6.44. The molecule has 0 fully saturated rings. The lowest BCUT2D eigenvalue weighted by atomic mass is 10.1. The molecule has 0 spiro atoms. The van der Waals surface area contributed by atoms with Gasteiger partial charge in [0.2, 0.25) is 0 Å². The van der Waals surface area contributed by atoms with Crippen LogP contribution in [0.25, 0.3) is 0 Å². The lowest BCUT2D eigenvalue weighted by Gasteiger charge is -2.22. The zero-order chi connectivity index (χ0) is 10.8. The first kappa shape index (κ1) is 11.6. The molecule has 0 radical (unpaired) electrons. The molecule has 0 atom stereocenters. The first-order valence-electron chi connectivity index (χ1n) is 4.06. The standard InChI is InChI=1S/C8H13NO3S2/c1-8(2,6-10)9-14(11,12)7-4-3-5-13-7/h3-5,9-10H,6H2,1-2H3. The topological polar surface area (TPSA) is 66.4 Å². The van der Waals surface area contributed by atoms with Crippen LogP contribution in [0, 0.1) is 0 Å². The van der Waals surface area contributed by atoms with Crippen molar-refractivity contribution < 1.29 is 13.5 Å². The lowest BCUT2D eigenvalue weighted by Crippen LogP contribution is -2.45. The summed E-state index contributed by atoms with van der Waals surface area (Å²) in [6.07, 6.45) is 0. The van der Waals surface area contributed by atoms with Gasteiger partial charge in [-0.25, -0.2) is 13.1 Å². The van der Waals surface area contributed by atoms with E-state index in [1.54, 1.807) is 25.3 Å². The van der Waals surface area contributed by atoms with Gasteiger partial charge >= 0.3 is 0 Å². The Hall–Kier alpha value is -0.430. The molecule has 0 amide bonds. The molecule has 0 aliphatic carbocycles. The molecule has 4 nitrogen and oxygen atoms in total. The Morgan fingerprint density at radius 3 is 2.64 bits per heavy atom. The second-order valence-electron chi connectivity index (χ2n) is 3.58. The van der Waals surface area contributed by atoms with Crippen molar-refractivity contribution in [2.24, 2.45) is 0 Å². The Kier molecular flexibility index (Phi) is 3.31. The van der Waals surface area contributed by atoms with Crippen molar-refractivity contribution in [1.82, 2.24) is 4.72 Å². The Morgan fingerprint density at radius 1 is 1.57 bits per heavy atom. The number of sulfonamides is 1. The van der Waals surface area contributed by atoms with Gasteiger partial charge in [0.15, 0.2) is 0 Å². The van der Waals surface area contributed by atoms with Crippen molar-refractivity contribution in [2.75, 3.05) is 6.61 Å². The number of hydrogen-bond acceptors (Lipinski definition) is 4. The van der Waals surface area contributed by atoms with Crippen molar-refractivity contribution in [3.8, 4) is 0 Å². The van der Waals surface area contributed by atoms with E-state index < -0.39 is 15.6 Å². The fourth-order valence-electron chi connectivity index (χ4n) is 0.863. The quantitative estimate of drug-likeness (QED) is 0.811. The van der Waals surface area contributed by atoms with Crippen LogP contribution >= 0.6 is 11.3 Å². The zero-order valence-corrected chi connectivity index (χ0v) is 9.65. The highest BCUT2D eigenvalue weighted by Gasteiger charge is 2.25. The highest BCUT2D eigenvalue weighted by Crippen LogP contribution is 2.17. The maximum absolute atomic E-state index is 11.7. The molecule has 0 saturated carbocycles. The van der Waals surface area contributed by atoms with Crippen molar-refractivity contribution in [2.45, 2.75) is 23.6 Å². The van der Waals surface area contributed by atoms with Crippen LogP contribution in [0.4, 0.5) is 0 Å². The van der Waals surface area contributed by atoms with E-state index in [9.17, 15) is 8.42 Å². The van der Waals surface area contributed by atoms with Gasteiger partial charge in [0.1, 0.15) is 4.21 Å². The predicted molar refractivity (Wildman–Crippen MR) is 55.8 cm³/mol. The van der Waals surface area contributed by atoms with Crippen molar-refractivity contribution in [3.63, 3.8) is 0 Å². The summed E-state index contributed by atoms with van der Waals surface area (Å²) in [5.74, 6) is 0. The summed E-state index contributed by atoms with van der Waals surface area (Å²) in [5.41, 5.74) is -0.831. The third-order valence-corrected chi connectivity index (χ3v) is 4.66. The highest BCUT2D eigenvalue weighted by atomic mass is 32.2. The average molecular weight is 235 g/mol. The summed E-state index contributed by atoms with van der Waals surface area (Å²) in [4.78, 5) is 0. The molecule has 0 unspecified atom stereocenters. The largest absolute Gasteiger partial charge is 0.394 e. The number of hydrogen-bond donors (Lipinski definition) is 2. The Balaban J connectivity index is 2.89. The second kappa shape index (κ2) is 3.98. The Labute approximate surface area is 87.6 Å². The third kappa shape index (κ3) is 2.78. The highest BCUT2D eigenvalue weighted by molar-refractivity contribution is 7.91. The molecule has 0 saturated heterocycles. The van der Waals surface area contributed by atoms with Crippen LogP contribution in [0.1, 0.15) is 13.8 Å². The van der Waals surface area contributed by atoms with Crippen molar-refractivity contribution >= 4 is 21.4 Å². The molecule has 0 aromatic carbocycles. The lowest BCUT2D eigenvalue weighted by molar-refractivity contribution is 0.208. The summed E-state index contributed by atoms with van der Waals surface area (Å²) in [6.45, 7) is 3.01. The molecule has 2 N–H and O–H groups in total. The molecule has 0 aliphatic rings. The monoisotopic (exact) mass is 235 g/mol. The van der Waals surface area contributed by atoms with Crippen LogP contribution in [0.15, 0.2) is 21.7 Å². The van der Waals surface area contributed by atoms with Gasteiger partial charge in [-0.1, -0.05) is 6.07 Å². The van der Waals surface area contributed by atoms with Gasteiger partial charge in [0.05, 0.1) is 12.1 Å². The summed E-state index contributed by atoms with van der Waals surface area (Å²) in [6, 6.07) is 3.20. The summed E-state index contributed by atoms with van der Waals surface area (Å²) in [5, 5.41) is 10.6. The maximum atomic E-state index is 11.7. The first-order valence-corrected chi connectivity index (χ1v) is 6.42. The van der Waals surface area contributed by atoms with Crippen LogP contribution in [0.2, 0.25) is 0 Å². The first-order chi connectivity index (χ1) is 6.37. The van der Waals surface area contributed by atoms with Gasteiger partial charge in [-0.3, -0.25) is 0 Å². The predicted octanol–water partition coefficient (Wildman–Crippen LogP) is 0.797. The average Bonchev–Trinajstić information content (AvgIpc) is 2.54. The fraction of sp³-hybridized carbons (Fsp3) is 0.500. The molecule has 1 aromatic heterocycles. The normalized spacial score (nSPS) is 13.1. The maximum Gasteiger partial charge on any atom is 0.250 e. The molecule has 1 rings (SSSR count). The van der Waals surface area contributed by atoms with E-state index in [0.717, 1.165) is 11.3 Å². The van der Waals surface area contributed by atoms with Gasteiger partial charge in [-0.2, -0.15) is 0 Å². The molecule has 6 heteroatoms. The molecular weight excluding hydrogens is 222 g/mol. The Morgan fingerprint density at radius 2 is 2.21 bits per heavy atom. The van der Waals surface area contributed by atoms with Crippen LogP contribution in [-0.4, -0.2) is 25.7 Å². The summed E-state index contributed by atoms with van der Waals surface area (Å²) < 4.78 is 26.0. The third-order valence-electron chi connectivity index (χ3n) is 1.57. The molecule has 1 heterocycles. The van der Waals surface area contributed by atoms with E-state index in [2.05, 4.69) is 4.72 Å². The van der Waals surface area contributed by atoms with Gasteiger partial charge in [0, 0.05) is 0 Å². The molecule has 80 valence electrons. The van der Waals surface area contributed by atoms with Gasteiger partial charge < -0.3 is 5.11 Å². The van der Waals surface area contributed by atoms with Gasteiger partial charge in [-0.15, -0.1) is 11.3 Å². The molecule has 0 bridgehead atoms. The van der Waals surface area contributed by atoms with E-state index >= 15 is 0 Å². The van der Waals surface area contributed by atoms with E-state index in [-0.39, 0.29) is 10.8 Å². The molecule has 14 heavy (non-hydrogen) atoms. The van der Waals surface area contributed by atoms with Crippen LogP contribution in [0.5, 0.6) is 0 Å². The van der Waals surface area contributed by atoms with Crippen LogP contribution in [0.3, 0.4) is 0 Å². The van der Waals surface area contributed by atoms with Gasteiger partial charge in [-0.05, 0) is 25.3 Å².